The Morgan fingerprint density at radius 2 is 1.69 bits per heavy atom. The van der Waals surface area contributed by atoms with Gasteiger partial charge in [-0.3, -0.25) is 18.8 Å². The lowest BCUT2D eigenvalue weighted by molar-refractivity contribution is -0.136. The zero-order valence-corrected chi connectivity index (χ0v) is 27.4. The number of halogens is 2. The van der Waals surface area contributed by atoms with Crippen LogP contribution in [0.2, 0.25) is 10.0 Å². The molecule has 3 aromatic heterocycles. The van der Waals surface area contributed by atoms with Crippen molar-refractivity contribution < 1.29 is 19.4 Å². The van der Waals surface area contributed by atoms with Gasteiger partial charge >= 0.3 is 5.97 Å². The van der Waals surface area contributed by atoms with Crippen LogP contribution in [-0.4, -0.2) is 57.6 Å². The summed E-state index contributed by atoms with van der Waals surface area (Å²) in [5.74, 6) is -0.541. The van der Waals surface area contributed by atoms with Crippen LogP contribution >= 0.6 is 23.2 Å². The molecule has 1 aliphatic heterocycles. The van der Waals surface area contributed by atoms with Gasteiger partial charge in [0.25, 0.3) is 5.56 Å². The number of fused-ring (bicyclic) bond motifs is 1. The zero-order valence-electron chi connectivity index (χ0n) is 25.9. The summed E-state index contributed by atoms with van der Waals surface area (Å²) in [5.41, 5.74) is 5.74. The van der Waals surface area contributed by atoms with Crippen molar-refractivity contribution in [1.29, 1.82) is 0 Å². The number of pyridine rings is 2. The maximum Gasteiger partial charge on any atom is 0.317 e. The molecule has 6 rings (SSSR count). The molecule has 4 heterocycles. The highest BCUT2D eigenvalue weighted by Gasteiger charge is 2.21. The third-order valence-corrected chi connectivity index (χ3v) is 8.98. The van der Waals surface area contributed by atoms with Gasteiger partial charge in [0.15, 0.2) is 0 Å². The fourth-order valence-electron chi connectivity index (χ4n) is 5.75. The van der Waals surface area contributed by atoms with Crippen LogP contribution in [0, 0.1) is 0 Å². The molecule has 0 aliphatic carbocycles. The zero-order chi connectivity index (χ0) is 33.8. The van der Waals surface area contributed by atoms with E-state index in [-0.39, 0.29) is 30.6 Å². The second kappa shape index (κ2) is 14.5. The van der Waals surface area contributed by atoms with Gasteiger partial charge < -0.3 is 25.8 Å². The highest BCUT2D eigenvalue weighted by molar-refractivity contribution is 6.39. The Balaban J connectivity index is 1.26. The van der Waals surface area contributed by atoms with Crippen LogP contribution in [0.25, 0.3) is 39.2 Å². The van der Waals surface area contributed by atoms with E-state index in [4.69, 9.17) is 33.0 Å². The number of nitrogens with one attached hydrogen (secondary N) is 3. The van der Waals surface area contributed by atoms with Crippen LogP contribution in [0.15, 0.2) is 77.9 Å². The standard InChI is InChI=1S/C35H32Cl2N6O5/c1-48-34-21(15-39-19-31(45)46)8-10-28(42-34)27-7-3-6-26(33(27)37)25-5-2-4-24(32(25)36)20-12-13-43-29(14-20)40-17-22(35(43)47)16-38-18-23-9-11-30(44)41-23/h2-8,10,12-14,17,23,38-39H,9,11,15-16,18-19H2,1H3,(H,41,44)(H,45,46). The number of aliphatic carboxylic acids is 1. The molecule has 1 fully saturated rings. The van der Waals surface area contributed by atoms with Crippen LogP contribution in [-0.2, 0) is 22.7 Å². The topological polar surface area (TPSA) is 147 Å². The summed E-state index contributed by atoms with van der Waals surface area (Å²) >= 11 is 14.1. The molecular weight excluding hydrogens is 655 g/mol. The number of carboxylic acids is 1. The molecule has 1 aliphatic rings. The van der Waals surface area contributed by atoms with E-state index in [1.54, 1.807) is 12.4 Å². The Morgan fingerprint density at radius 3 is 2.40 bits per heavy atom. The quantitative estimate of drug-likeness (QED) is 0.143. The van der Waals surface area contributed by atoms with Crippen molar-refractivity contribution in [2.24, 2.45) is 0 Å². The number of rotatable bonds is 12. The normalized spacial score (nSPS) is 14.3. The maximum absolute atomic E-state index is 13.2. The summed E-state index contributed by atoms with van der Waals surface area (Å²) in [7, 11) is 1.51. The Kier molecular flexibility index (Phi) is 10.0. The highest BCUT2D eigenvalue weighted by Crippen LogP contribution is 2.42. The van der Waals surface area contributed by atoms with E-state index in [9.17, 15) is 14.4 Å². The molecule has 246 valence electrons. The number of nitrogens with zero attached hydrogens (tertiary/aromatic N) is 3. The van der Waals surface area contributed by atoms with Crippen LogP contribution in [0.3, 0.4) is 0 Å². The predicted octanol–water partition coefficient (Wildman–Crippen LogP) is 4.95. The molecular formula is C35H32Cl2N6O5. The third kappa shape index (κ3) is 7.04. The van der Waals surface area contributed by atoms with E-state index in [1.165, 1.54) is 11.5 Å². The molecule has 1 amide bonds. The first-order valence-corrected chi connectivity index (χ1v) is 16.0. The SMILES string of the molecule is COc1nc(-c2cccc(-c3cccc(-c4ccn5c(=O)c(CNCC6CCC(=O)N6)cnc5c4)c3Cl)c2Cl)ccc1CNCC(=O)O. The minimum Gasteiger partial charge on any atom is -0.481 e. The van der Waals surface area contributed by atoms with Crippen LogP contribution < -0.4 is 26.2 Å². The number of ether oxygens (including phenoxy) is 1. The van der Waals surface area contributed by atoms with Gasteiger partial charge in [-0.2, -0.15) is 0 Å². The van der Waals surface area contributed by atoms with Crippen molar-refractivity contribution in [2.75, 3.05) is 20.2 Å². The molecule has 0 spiro atoms. The molecule has 5 aromatic rings. The average Bonchev–Trinajstić information content (AvgIpc) is 3.50. The third-order valence-electron chi connectivity index (χ3n) is 8.17. The summed E-state index contributed by atoms with van der Waals surface area (Å²) < 4.78 is 6.99. The Morgan fingerprint density at radius 1 is 0.979 bits per heavy atom. The second-order valence-electron chi connectivity index (χ2n) is 11.4. The summed E-state index contributed by atoms with van der Waals surface area (Å²) in [4.78, 5) is 44.7. The number of carbonyl (C=O) groups is 2. The number of carboxylic acid groups (broad SMARTS) is 1. The van der Waals surface area contributed by atoms with E-state index in [0.29, 0.717) is 74.6 Å². The summed E-state index contributed by atoms with van der Waals surface area (Å²) in [6.07, 6.45) is 4.58. The number of hydrogen-bond donors (Lipinski definition) is 4. The number of carbonyl (C=O) groups excluding carboxylic acids is 1. The molecule has 4 N–H and O–H groups in total. The van der Waals surface area contributed by atoms with E-state index in [0.717, 1.165) is 17.5 Å². The Hall–Kier alpha value is -4.81. The van der Waals surface area contributed by atoms with Crippen LogP contribution in [0.5, 0.6) is 5.88 Å². The highest BCUT2D eigenvalue weighted by atomic mass is 35.5. The first-order chi connectivity index (χ1) is 23.2. The molecule has 1 unspecified atom stereocenters. The largest absolute Gasteiger partial charge is 0.481 e. The predicted molar refractivity (Wildman–Crippen MR) is 184 cm³/mol. The number of methoxy groups -OCH3 is 1. The first kappa shape index (κ1) is 33.1. The molecule has 0 radical (unpaired) electrons. The molecule has 0 bridgehead atoms. The minimum absolute atomic E-state index is 0.0540. The number of benzene rings is 2. The van der Waals surface area contributed by atoms with Gasteiger partial charge in [0.1, 0.15) is 5.65 Å². The molecule has 11 nitrogen and oxygen atoms in total. The lowest BCUT2D eigenvalue weighted by atomic mass is 9.97. The van der Waals surface area contributed by atoms with Gasteiger partial charge in [-0.15, -0.1) is 0 Å². The van der Waals surface area contributed by atoms with Crippen molar-refractivity contribution in [3.8, 4) is 39.4 Å². The molecule has 13 heteroatoms. The Bertz CT molecular complexity index is 2090. The summed E-state index contributed by atoms with van der Waals surface area (Å²) in [6, 6.07) is 18.6. The van der Waals surface area contributed by atoms with E-state index in [2.05, 4.69) is 25.9 Å². The van der Waals surface area contributed by atoms with Crippen molar-refractivity contribution in [2.45, 2.75) is 32.0 Å². The van der Waals surface area contributed by atoms with Gasteiger partial charge in [0.2, 0.25) is 11.8 Å². The molecule has 1 atom stereocenters. The van der Waals surface area contributed by atoms with Crippen molar-refractivity contribution in [3.63, 3.8) is 0 Å². The fraction of sp³-hybridized carbons (Fsp3) is 0.229. The summed E-state index contributed by atoms with van der Waals surface area (Å²) in [5, 5.41) is 18.8. The van der Waals surface area contributed by atoms with Crippen molar-refractivity contribution in [1.82, 2.24) is 30.3 Å². The van der Waals surface area contributed by atoms with Crippen molar-refractivity contribution in [3.05, 3.63) is 105 Å². The lowest BCUT2D eigenvalue weighted by Gasteiger charge is -2.15. The van der Waals surface area contributed by atoms with Gasteiger partial charge in [-0.05, 0) is 30.2 Å². The van der Waals surface area contributed by atoms with E-state index >= 15 is 0 Å². The number of amides is 1. The van der Waals surface area contributed by atoms with Gasteiger partial charge in [-0.1, -0.05) is 65.7 Å². The first-order valence-electron chi connectivity index (χ1n) is 15.3. The maximum atomic E-state index is 13.2. The van der Waals surface area contributed by atoms with E-state index < -0.39 is 5.97 Å². The molecule has 0 saturated carbocycles. The second-order valence-corrected chi connectivity index (χ2v) is 12.1. The number of hydrogen-bond acceptors (Lipinski definition) is 8. The van der Waals surface area contributed by atoms with Crippen LogP contribution in [0.4, 0.5) is 0 Å². The monoisotopic (exact) mass is 686 g/mol. The molecule has 1 saturated heterocycles. The van der Waals surface area contributed by atoms with E-state index in [1.807, 2.05) is 60.7 Å². The smallest absolute Gasteiger partial charge is 0.317 e. The molecule has 48 heavy (non-hydrogen) atoms. The summed E-state index contributed by atoms with van der Waals surface area (Å²) in [6.45, 7) is 1.01. The fourth-order valence-corrected chi connectivity index (χ4v) is 6.41. The Labute approximate surface area is 285 Å². The van der Waals surface area contributed by atoms with Gasteiger partial charge in [0.05, 0.1) is 29.4 Å². The minimum atomic E-state index is -0.954. The van der Waals surface area contributed by atoms with Gasteiger partial charge in [-0.25, -0.2) is 9.97 Å². The van der Waals surface area contributed by atoms with Crippen molar-refractivity contribution >= 4 is 40.7 Å². The molecule has 2 aromatic carbocycles. The van der Waals surface area contributed by atoms with Gasteiger partial charge in [0, 0.05) is 77.9 Å². The average molecular weight is 688 g/mol. The number of aromatic nitrogens is 3. The van der Waals surface area contributed by atoms with Crippen LogP contribution in [0.1, 0.15) is 24.0 Å². The lowest BCUT2D eigenvalue weighted by Crippen LogP contribution is -2.36.